The third-order valence-electron chi connectivity index (χ3n) is 4.17. The summed E-state index contributed by atoms with van der Waals surface area (Å²) in [6.07, 6.45) is 3.35. The highest BCUT2D eigenvalue weighted by Crippen LogP contribution is 2.21. The molecule has 0 saturated carbocycles. The number of aryl methyl sites for hydroxylation is 1. The highest BCUT2D eigenvalue weighted by molar-refractivity contribution is 5.66. The van der Waals surface area contributed by atoms with E-state index in [9.17, 15) is 4.79 Å². The fourth-order valence-corrected chi connectivity index (χ4v) is 2.75. The van der Waals surface area contributed by atoms with Crippen LogP contribution in [0.1, 0.15) is 31.2 Å². The number of piperidine rings is 1. The molecule has 1 aromatic carbocycles. The smallest absolute Gasteiger partial charge is 0.303 e. The first-order valence-corrected chi connectivity index (χ1v) is 7.77. The normalized spacial score (nSPS) is 16.8. The Kier molecular flexibility index (Phi) is 6.05. The lowest BCUT2D eigenvalue weighted by Crippen LogP contribution is -2.36. The summed E-state index contributed by atoms with van der Waals surface area (Å²) in [5.74, 6) is 0.830. The van der Waals surface area contributed by atoms with E-state index in [0.717, 1.165) is 44.6 Å². The Morgan fingerprint density at radius 3 is 2.57 bits per heavy atom. The summed E-state index contributed by atoms with van der Waals surface area (Å²) in [6.45, 7) is 5.84. The first-order valence-electron chi connectivity index (χ1n) is 7.77. The van der Waals surface area contributed by atoms with Crippen molar-refractivity contribution in [3.05, 3.63) is 29.8 Å². The number of hydrogen-bond acceptors (Lipinski definition) is 3. The van der Waals surface area contributed by atoms with Gasteiger partial charge in [-0.05, 0) is 57.3 Å². The van der Waals surface area contributed by atoms with Crippen molar-refractivity contribution in [2.24, 2.45) is 5.92 Å². The minimum atomic E-state index is -0.677. The molecule has 1 N–H and O–H groups in total. The minimum Gasteiger partial charge on any atom is -0.492 e. The molecule has 4 nitrogen and oxygen atoms in total. The Balaban J connectivity index is 1.60. The summed E-state index contributed by atoms with van der Waals surface area (Å²) in [4.78, 5) is 13.0. The van der Waals surface area contributed by atoms with Crippen LogP contribution in [0.25, 0.3) is 0 Å². The Morgan fingerprint density at radius 2 is 1.95 bits per heavy atom. The van der Waals surface area contributed by atoms with Gasteiger partial charge in [-0.15, -0.1) is 0 Å². The topological polar surface area (TPSA) is 49.8 Å². The number of rotatable bonds is 7. The maximum atomic E-state index is 10.6. The average molecular weight is 291 g/mol. The van der Waals surface area contributed by atoms with Crippen molar-refractivity contribution >= 4 is 5.97 Å². The van der Waals surface area contributed by atoms with Gasteiger partial charge in [0, 0.05) is 13.0 Å². The number of benzene rings is 1. The average Bonchev–Trinajstić information content (AvgIpc) is 2.48. The minimum absolute atomic E-state index is 0.307. The van der Waals surface area contributed by atoms with Crippen LogP contribution in [0, 0.1) is 12.8 Å². The number of likely N-dealkylation sites (tertiary alicyclic amines) is 1. The van der Waals surface area contributed by atoms with Gasteiger partial charge in [-0.2, -0.15) is 0 Å². The molecule has 116 valence electrons. The van der Waals surface area contributed by atoms with Crippen LogP contribution < -0.4 is 4.74 Å². The van der Waals surface area contributed by atoms with Crippen LogP contribution in [-0.4, -0.2) is 42.2 Å². The van der Waals surface area contributed by atoms with Crippen molar-refractivity contribution in [1.29, 1.82) is 0 Å². The predicted octanol–water partition coefficient (Wildman–Crippen LogP) is 2.95. The number of carboxylic acid groups (broad SMARTS) is 1. The molecule has 0 spiro atoms. The van der Waals surface area contributed by atoms with Gasteiger partial charge in [0.25, 0.3) is 0 Å². The molecule has 1 heterocycles. The largest absolute Gasteiger partial charge is 0.492 e. The van der Waals surface area contributed by atoms with E-state index in [1.54, 1.807) is 0 Å². The number of aliphatic carboxylic acids is 1. The molecule has 2 rings (SSSR count). The van der Waals surface area contributed by atoms with Crippen molar-refractivity contribution in [2.45, 2.75) is 32.6 Å². The summed E-state index contributed by atoms with van der Waals surface area (Å²) < 4.78 is 5.75. The standard InChI is InChI=1S/C17H25NO3/c1-14-2-5-16(6-3-14)21-13-12-18-10-8-15(9-11-18)4-7-17(19)20/h2-3,5-6,15H,4,7-13H2,1H3,(H,19,20). The quantitative estimate of drug-likeness (QED) is 0.839. The van der Waals surface area contributed by atoms with E-state index in [1.807, 2.05) is 12.1 Å². The van der Waals surface area contributed by atoms with Crippen molar-refractivity contribution in [1.82, 2.24) is 4.90 Å². The van der Waals surface area contributed by atoms with Crippen LogP contribution >= 0.6 is 0 Å². The zero-order valence-electron chi connectivity index (χ0n) is 12.8. The van der Waals surface area contributed by atoms with Gasteiger partial charge in [0.1, 0.15) is 12.4 Å². The van der Waals surface area contributed by atoms with E-state index in [1.165, 1.54) is 5.56 Å². The molecule has 1 aliphatic rings. The molecule has 0 radical (unpaired) electrons. The maximum Gasteiger partial charge on any atom is 0.303 e. The Hall–Kier alpha value is -1.55. The lowest BCUT2D eigenvalue weighted by atomic mass is 9.92. The van der Waals surface area contributed by atoms with E-state index >= 15 is 0 Å². The first-order chi connectivity index (χ1) is 10.1. The third kappa shape index (κ3) is 5.76. The van der Waals surface area contributed by atoms with Gasteiger partial charge in [-0.25, -0.2) is 0 Å². The second kappa shape index (κ2) is 8.03. The van der Waals surface area contributed by atoms with Crippen LogP contribution in [0.15, 0.2) is 24.3 Å². The van der Waals surface area contributed by atoms with E-state index in [-0.39, 0.29) is 0 Å². The van der Waals surface area contributed by atoms with Crippen molar-refractivity contribution in [3.63, 3.8) is 0 Å². The van der Waals surface area contributed by atoms with E-state index < -0.39 is 5.97 Å². The highest BCUT2D eigenvalue weighted by Gasteiger charge is 2.19. The molecular weight excluding hydrogens is 266 g/mol. The molecule has 0 aromatic heterocycles. The fourth-order valence-electron chi connectivity index (χ4n) is 2.75. The molecule has 1 fully saturated rings. The number of carbonyl (C=O) groups is 1. The number of nitrogens with zero attached hydrogens (tertiary/aromatic N) is 1. The molecule has 0 atom stereocenters. The van der Waals surface area contributed by atoms with Gasteiger partial charge in [-0.1, -0.05) is 17.7 Å². The zero-order chi connectivity index (χ0) is 15.1. The van der Waals surface area contributed by atoms with Crippen LogP contribution in [0.5, 0.6) is 5.75 Å². The molecule has 0 unspecified atom stereocenters. The summed E-state index contributed by atoms with van der Waals surface area (Å²) in [5.41, 5.74) is 1.24. The van der Waals surface area contributed by atoms with Crippen LogP contribution in [-0.2, 0) is 4.79 Å². The van der Waals surface area contributed by atoms with Crippen LogP contribution in [0.2, 0.25) is 0 Å². The molecule has 0 bridgehead atoms. The summed E-state index contributed by atoms with van der Waals surface area (Å²) >= 11 is 0. The van der Waals surface area contributed by atoms with E-state index in [4.69, 9.17) is 9.84 Å². The summed E-state index contributed by atoms with van der Waals surface area (Å²) in [7, 11) is 0. The van der Waals surface area contributed by atoms with Gasteiger partial charge in [0.2, 0.25) is 0 Å². The lowest BCUT2D eigenvalue weighted by molar-refractivity contribution is -0.137. The number of hydrogen-bond donors (Lipinski definition) is 1. The molecule has 0 aliphatic carbocycles. The Morgan fingerprint density at radius 1 is 1.29 bits per heavy atom. The molecule has 0 amide bonds. The van der Waals surface area contributed by atoms with Gasteiger partial charge in [0.05, 0.1) is 0 Å². The second-order valence-corrected chi connectivity index (χ2v) is 5.88. The first kappa shape index (κ1) is 15.8. The molecule has 1 aliphatic heterocycles. The number of carboxylic acids is 1. The highest BCUT2D eigenvalue weighted by atomic mass is 16.5. The SMILES string of the molecule is Cc1ccc(OCCN2CCC(CCC(=O)O)CC2)cc1. The van der Waals surface area contributed by atoms with Crippen molar-refractivity contribution < 1.29 is 14.6 Å². The summed E-state index contributed by atoms with van der Waals surface area (Å²) in [5, 5.41) is 8.71. The van der Waals surface area contributed by atoms with Crippen LogP contribution in [0.4, 0.5) is 0 Å². The maximum absolute atomic E-state index is 10.6. The molecule has 1 saturated heterocycles. The van der Waals surface area contributed by atoms with Crippen molar-refractivity contribution in [3.8, 4) is 5.75 Å². The lowest BCUT2D eigenvalue weighted by Gasteiger charge is -2.31. The number of ether oxygens (including phenoxy) is 1. The molecule has 4 heteroatoms. The molecule has 21 heavy (non-hydrogen) atoms. The molecule has 1 aromatic rings. The monoisotopic (exact) mass is 291 g/mol. The zero-order valence-corrected chi connectivity index (χ0v) is 12.8. The van der Waals surface area contributed by atoms with Gasteiger partial charge < -0.3 is 9.84 Å². The molecular formula is C17H25NO3. The third-order valence-corrected chi connectivity index (χ3v) is 4.17. The van der Waals surface area contributed by atoms with E-state index in [0.29, 0.717) is 18.9 Å². The van der Waals surface area contributed by atoms with Gasteiger partial charge in [0.15, 0.2) is 0 Å². The fraction of sp³-hybridized carbons (Fsp3) is 0.588. The van der Waals surface area contributed by atoms with Gasteiger partial charge >= 0.3 is 5.97 Å². The van der Waals surface area contributed by atoms with Crippen LogP contribution in [0.3, 0.4) is 0 Å². The predicted molar refractivity (Wildman–Crippen MR) is 82.7 cm³/mol. The second-order valence-electron chi connectivity index (χ2n) is 5.88. The summed E-state index contributed by atoms with van der Waals surface area (Å²) in [6, 6.07) is 8.13. The Bertz CT molecular complexity index is 436. The Labute approximate surface area is 126 Å². The van der Waals surface area contributed by atoms with Crippen molar-refractivity contribution in [2.75, 3.05) is 26.2 Å². The van der Waals surface area contributed by atoms with E-state index in [2.05, 4.69) is 24.0 Å². The van der Waals surface area contributed by atoms with Gasteiger partial charge in [-0.3, -0.25) is 9.69 Å².